The number of aliphatic hydroxyl groups is 2. The van der Waals surface area contributed by atoms with E-state index >= 15 is 0 Å². The molecule has 18 heavy (non-hydrogen) atoms. The van der Waals surface area contributed by atoms with Crippen molar-refractivity contribution in [2.24, 2.45) is 0 Å². The summed E-state index contributed by atoms with van der Waals surface area (Å²) in [5, 5.41) is 18.7. The van der Waals surface area contributed by atoms with Crippen LogP contribution in [0.2, 0.25) is 0 Å². The predicted octanol–water partition coefficient (Wildman–Crippen LogP) is 0.833. The molecule has 0 saturated heterocycles. The number of rotatable bonds is 4. The zero-order chi connectivity index (χ0) is 13.1. The van der Waals surface area contributed by atoms with Crippen molar-refractivity contribution in [1.82, 2.24) is 0 Å². The fourth-order valence-corrected chi connectivity index (χ4v) is 1.64. The minimum Gasteiger partial charge on any atom is -0.491 e. The van der Waals surface area contributed by atoms with E-state index in [1.165, 1.54) is 6.07 Å². The van der Waals surface area contributed by atoms with E-state index in [0.717, 1.165) is 10.9 Å². The largest absolute Gasteiger partial charge is 0.491 e. The smallest absolute Gasteiger partial charge is 0.336 e. The molecule has 0 fully saturated rings. The molecule has 1 aromatic heterocycles. The minimum atomic E-state index is -0.926. The van der Waals surface area contributed by atoms with Gasteiger partial charge in [0.15, 0.2) is 0 Å². The zero-order valence-electron chi connectivity index (χ0n) is 9.92. The van der Waals surface area contributed by atoms with E-state index in [9.17, 15) is 9.90 Å². The van der Waals surface area contributed by atoms with Crippen molar-refractivity contribution in [3.05, 3.63) is 40.2 Å². The van der Waals surface area contributed by atoms with Crippen LogP contribution >= 0.6 is 0 Å². The van der Waals surface area contributed by atoms with Crippen LogP contribution in [0, 0.1) is 6.92 Å². The summed E-state index contributed by atoms with van der Waals surface area (Å²) in [5.41, 5.74) is 0.867. The van der Waals surface area contributed by atoms with Gasteiger partial charge >= 0.3 is 5.63 Å². The maximum atomic E-state index is 11.2. The quantitative estimate of drug-likeness (QED) is 0.786. The molecule has 0 saturated carbocycles. The third-order valence-electron chi connectivity index (χ3n) is 2.58. The molecular weight excluding hydrogens is 236 g/mol. The Hall–Kier alpha value is -1.85. The van der Waals surface area contributed by atoms with E-state index in [1.807, 2.05) is 6.92 Å². The number of aliphatic hydroxyl groups excluding tert-OH is 2. The Balaban J connectivity index is 2.30. The van der Waals surface area contributed by atoms with Crippen LogP contribution in [0.3, 0.4) is 0 Å². The van der Waals surface area contributed by atoms with Gasteiger partial charge in [0, 0.05) is 17.5 Å². The van der Waals surface area contributed by atoms with Gasteiger partial charge in [0.05, 0.1) is 6.61 Å². The van der Waals surface area contributed by atoms with Crippen molar-refractivity contribution >= 4 is 11.0 Å². The fourth-order valence-electron chi connectivity index (χ4n) is 1.64. The molecule has 0 aliphatic carbocycles. The second-order valence-corrected chi connectivity index (χ2v) is 4.05. The van der Waals surface area contributed by atoms with Gasteiger partial charge in [-0.15, -0.1) is 0 Å². The normalized spacial score (nSPS) is 12.6. The van der Waals surface area contributed by atoms with E-state index in [2.05, 4.69) is 0 Å². The average Bonchev–Trinajstić information content (AvgIpc) is 2.35. The first-order valence-electron chi connectivity index (χ1n) is 5.56. The van der Waals surface area contributed by atoms with Crippen LogP contribution in [0.1, 0.15) is 5.56 Å². The van der Waals surface area contributed by atoms with Crippen LogP contribution in [0.15, 0.2) is 33.5 Å². The Morgan fingerprint density at radius 3 is 2.89 bits per heavy atom. The maximum absolute atomic E-state index is 11.2. The second kappa shape index (κ2) is 5.20. The van der Waals surface area contributed by atoms with Crippen molar-refractivity contribution in [1.29, 1.82) is 0 Å². The number of fused-ring (bicyclic) bond motifs is 1. The van der Waals surface area contributed by atoms with E-state index < -0.39 is 11.7 Å². The second-order valence-electron chi connectivity index (χ2n) is 4.05. The summed E-state index contributed by atoms with van der Waals surface area (Å²) >= 11 is 0. The average molecular weight is 250 g/mol. The lowest BCUT2D eigenvalue weighted by Crippen LogP contribution is -2.21. The summed E-state index contributed by atoms with van der Waals surface area (Å²) in [6, 6.07) is 6.53. The Kier molecular flexibility index (Phi) is 3.64. The van der Waals surface area contributed by atoms with E-state index in [1.54, 1.807) is 18.2 Å². The van der Waals surface area contributed by atoms with Crippen molar-refractivity contribution in [3.63, 3.8) is 0 Å². The van der Waals surface area contributed by atoms with Crippen LogP contribution in [-0.2, 0) is 0 Å². The van der Waals surface area contributed by atoms with Gasteiger partial charge in [-0.2, -0.15) is 0 Å². The molecule has 0 amide bonds. The van der Waals surface area contributed by atoms with E-state index in [4.69, 9.17) is 14.3 Å². The predicted molar refractivity (Wildman–Crippen MR) is 65.8 cm³/mol. The summed E-state index contributed by atoms with van der Waals surface area (Å²) < 4.78 is 10.3. The monoisotopic (exact) mass is 250 g/mol. The van der Waals surface area contributed by atoms with Gasteiger partial charge in [0.1, 0.15) is 24.0 Å². The van der Waals surface area contributed by atoms with Crippen molar-refractivity contribution in [2.75, 3.05) is 13.2 Å². The molecule has 1 aromatic carbocycles. The van der Waals surface area contributed by atoms with Crippen LogP contribution in [0.4, 0.5) is 0 Å². The minimum absolute atomic E-state index is 0.0158. The maximum Gasteiger partial charge on any atom is 0.336 e. The summed E-state index contributed by atoms with van der Waals surface area (Å²) in [6.07, 6.45) is -0.926. The van der Waals surface area contributed by atoms with Gasteiger partial charge in [-0.05, 0) is 24.6 Å². The molecule has 96 valence electrons. The van der Waals surface area contributed by atoms with Gasteiger partial charge in [-0.3, -0.25) is 0 Å². The molecule has 5 heteroatoms. The third-order valence-corrected chi connectivity index (χ3v) is 2.58. The standard InChI is InChI=1S/C13H14O5/c1-8-4-13(16)18-12-5-10(2-3-11(8)12)17-7-9(15)6-14/h2-5,9,14-15H,6-7H2,1H3/t9-/m0/s1. The van der Waals surface area contributed by atoms with Crippen LogP contribution in [0.25, 0.3) is 11.0 Å². The first-order chi connectivity index (χ1) is 8.60. The third kappa shape index (κ3) is 2.69. The Morgan fingerprint density at radius 2 is 2.17 bits per heavy atom. The first kappa shape index (κ1) is 12.6. The summed E-state index contributed by atoms with van der Waals surface area (Å²) in [6.45, 7) is 1.45. The highest BCUT2D eigenvalue weighted by Gasteiger charge is 2.06. The highest BCUT2D eigenvalue weighted by atomic mass is 16.5. The Morgan fingerprint density at radius 1 is 1.39 bits per heavy atom. The van der Waals surface area contributed by atoms with Crippen LogP contribution in [0.5, 0.6) is 5.75 Å². The summed E-state index contributed by atoms with van der Waals surface area (Å²) in [7, 11) is 0. The molecule has 1 heterocycles. The van der Waals surface area contributed by atoms with Crippen LogP contribution in [-0.4, -0.2) is 29.5 Å². The van der Waals surface area contributed by atoms with E-state index in [0.29, 0.717) is 11.3 Å². The van der Waals surface area contributed by atoms with Crippen LogP contribution < -0.4 is 10.4 Å². The SMILES string of the molecule is Cc1cc(=O)oc2cc(OC[C@@H](O)CO)ccc12. The summed E-state index contributed by atoms with van der Waals surface area (Å²) in [4.78, 5) is 11.2. The lowest BCUT2D eigenvalue weighted by molar-refractivity contribution is 0.0536. The Bertz CT molecular complexity index is 602. The zero-order valence-corrected chi connectivity index (χ0v) is 9.92. The molecule has 5 nitrogen and oxygen atoms in total. The van der Waals surface area contributed by atoms with Gasteiger partial charge in [0.2, 0.25) is 0 Å². The molecular formula is C13H14O5. The number of ether oxygens (including phenoxy) is 1. The van der Waals surface area contributed by atoms with Crippen molar-refractivity contribution < 1.29 is 19.4 Å². The van der Waals surface area contributed by atoms with E-state index in [-0.39, 0.29) is 13.2 Å². The highest BCUT2D eigenvalue weighted by molar-refractivity contribution is 5.81. The molecule has 0 aliphatic heterocycles. The molecule has 0 unspecified atom stereocenters. The fraction of sp³-hybridized carbons (Fsp3) is 0.308. The molecule has 2 rings (SSSR count). The molecule has 0 radical (unpaired) electrons. The topological polar surface area (TPSA) is 79.9 Å². The van der Waals surface area contributed by atoms with Crippen molar-refractivity contribution in [3.8, 4) is 5.75 Å². The lowest BCUT2D eigenvalue weighted by Gasteiger charge is -2.10. The van der Waals surface area contributed by atoms with Gasteiger partial charge in [-0.1, -0.05) is 0 Å². The summed E-state index contributed by atoms with van der Waals surface area (Å²) in [5.74, 6) is 0.476. The van der Waals surface area contributed by atoms with Crippen molar-refractivity contribution in [2.45, 2.75) is 13.0 Å². The van der Waals surface area contributed by atoms with Gasteiger partial charge in [0.25, 0.3) is 0 Å². The number of hydrogen-bond donors (Lipinski definition) is 2. The molecule has 1 atom stereocenters. The molecule has 2 aromatic rings. The Labute approximate surface area is 103 Å². The lowest BCUT2D eigenvalue weighted by atomic mass is 10.1. The highest BCUT2D eigenvalue weighted by Crippen LogP contribution is 2.22. The molecule has 0 aliphatic rings. The van der Waals surface area contributed by atoms with Gasteiger partial charge < -0.3 is 19.4 Å². The first-order valence-corrected chi connectivity index (χ1v) is 5.56. The molecule has 0 bridgehead atoms. The van der Waals surface area contributed by atoms with Gasteiger partial charge in [-0.25, -0.2) is 4.79 Å². The number of aryl methyl sites for hydroxylation is 1. The molecule has 0 spiro atoms. The number of hydrogen-bond acceptors (Lipinski definition) is 5. The molecule has 2 N–H and O–H groups in total. The number of benzene rings is 1.